The van der Waals surface area contributed by atoms with Crippen molar-refractivity contribution in [1.29, 1.82) is 0 Å². The number of rotatable bonds is 5. The number of hydrogen-bond donors (Lipinski definition) is 1. The molecule has 2 fully saturated rings. The number of hydrogen-bond acceptors (Lipinski definition) is 4. The fraction of sp³-hybridized carbons (Fsp3) is 0.875. The highest BCUT2D eigenvalue weighted by Crippen LogP contribution is 2.41. The van der Waals surface area contributed by atoms with Gasteiger partial charge in [-0.25, -0.2) is 0 Å². The molecule has 0 bridgehead atoms. The van der Waals surface area contributed by atoms with Gasteiger partial charge < -0.3 is 9.84 Å². The molecule has 0 spiro atoms. The van der Waals surface area contributed by atoms with Crippen LogP contribution >= 0.6 is 0 Å². The van der Waals surface area contributed by atoms with Crippen molar-refractivity contribution in [3.8, 4) is 0 Å². The maximum absolute atomic E-state index is 5.48. The Morgan fingerprint density at radius 3 is 2.55 bits per heavy atom. The lowest BCUT2D eigenvalue weighted by Crippen LogP contribution is -2.29. The molecule has 2 saturated carbocycles. The number of nitrogens with one attached hydrogen (secondary N) is 1. The molecule has 1 aromatic heterocycles. The van der Waals surface area contributed by atoms with Crippen LogP contribution in [0, 0.1) is 11.3 Å². The van der Waals surface area contributed by atoms with E-state index in [9.17, 15) is 0 Å². The lowest BCUT2D eigenvalue weighted by atomic mass is 9.73. The van der Waals surface area contributed by atoms with Gasteiger partial charge in [0.05, 0.1) is 0 Å². The summed E-state index contributed by atoms with van der Waals surface area (Å²) >= 11 is 0. The van der Waals surface area contributed by atoms with E-state index in [1.807, 2.05) is 7.05 Å². The largest absolute Gasteiger partial charge is 0.339 e. The molecule has 3 rings (SSSR count). The number of nitrogens with zero attached hydrogens (tertiary/aromatic N) is 2. The average molecular weight is 277 g/mol. The second kappa shape index (κ2) is 5.47. The summed E-state index contributed by atoms with van der Waals surface area (Å²) in [7, 11) is 2.03. The molecule has 0 saturated heterocycles. The van der Waals surface area contributed by atoms with Gasteiger partial charge in [0.25, 0.3) is 0 Å². The molecule has 2 aliphatic rings. The van der Waals surface area contributed by atoms with Crippen molar-refractivity contribution < 1.29 is 4.52 Å². The normalized spacial score (nSPS) is 24.8. The monoisotopic (exact) mass is 277 g/mol. The molecule has 4 heteroatoms. The van der Waals surface area contributed by atoms with E-state index in [0.29, 0.717) is 17.4 Å². The summed E-state index contributed by atoms with van der Waals surface area (Å²) in [6, 6.07) is 0.508. The molecule has 1 aromatic rings. The molecular formula is C16H27N3O. The Morgan fingerprint density at radius 1 is 1.25 bits per heavy atom. The Kier molecular flexibility index (Phi) is 3.85. The molecule has 1 atom stereocenters. The van der Waals surface area contributed by atoms with Gasteiger partial charge in [0.1, 0.15) is 0 Å². The summed E-state index contributed by atoms with van der Waals surface area (Å²) in [6.45, 7) is 4.72. The van der Waals surface area contributed by atoms with Crippen LogP contribution in [0.3, 0.4) is 0 Å². The van der Waals surface area contributed by atoms with E-state index in [1.165, 1.54) is 38.5 Å². The van der Waals surface area contributed by atoms with Gasteiger partial charge in [-0.1, -0.05) is 19.0 Å². The van der Waals surface area contributed by atoms with Crippen molar-refractivity contribution in [3.05, 3.63) is 11.7 Å². The average Bonchev–Trinajstić information content (AvgIpc) is 3.16. The molecule has 1 N–H and O–H groups in total. The minimum absolute atomic E-state index is 0.492. The van der Waals surface area contributed by atoms with Crippen LogP contribution in [0.5, 0.6) is 0 Å². The zero-order chi connectivity index (χ0) is 14.2. The predicted molar refractivity (Wildman–Crippen MR) is 78.6 cm³/mol. The summed E-state index contributed by atoms with van der Waals surface area (Å²) in [6.07, 6.45) is 8.49. The Morgan fingerprint density at radius 2 is 1.95 bits per heavy atom. The highest BCUT2D eigenvalue weighted by atomic mass is 16.5. The maximum atomic E-state index is 5.48. The minimum Gasteiger partial charge on any atom is -0.339 e. The quantitative estimate of drug-likeness (QED) is 0.897. The third-order valence-corrected chi connectivity index (χ3v) is 5.14. The van der Waals surface area contributed by atoms with Crippen molar-refractivity contribution in [2.24, 2.45) is 11.3 Å². The van der Waals surface area contributed by atoms with E-state index in [4.69, 9.17) is 4.52 Å². The summed E-state index contributed by atoms with van der Waals surface area (Å²) in [5, 5.41) is 7.63. The Hall–Kier alpha value is -0.900. The first kappa shape index (κ1) is 14.1. The molecule has 0 aromatic carbocycles. The molecule has 0 amide bonds. The SMILES string of the molecule is CNC(Cc1nc(C2CCC(C)(C)CC2)no1)C1CC1. The van der Waals surface area contributed by atoms with Gasteiger partial charge in [-0.3, -0.25) is 0 Å². The summed E-state index contributed by atoms with van der Waals surface area (Å²) in [5.41, 5.74) is 0.492. The van der Waals surface area contributed by atoms with Gasteiger partial charge in [-0.15, -0.1) is 0 Å². The van der Waals surface area contributed by atoms with Crippen LogP contribution in [-0.2, 0) is 6.42 Å². The highest BCUT2D eigenvalue weighted by Gasteiger charge is 2.33. The molecule has 0 aliphatic heterocycles. The molecular weight excluding hydrogens is 250 g/mol. The van der Waals surface area contributed by atoms with Gasteiger partial charge >= 0.3 is 0 Å². The van der Waals surface area contributed by atoms with Crippen molar-refractivity contribution >= 4 is 0 Å². The lowest BCUT2D eigenvalue weighted by Gasteiger charge is -2.32. The van der Waals surface area contributed by atoms with E-state index in [0.717, 1.165) is 24.1 Å². The Labute approximate surface area is 121 Å². The van der Waals surface area contributed by atoms with Crippen LogP contribution in [-0.4, -0.2) is 23.2 Å². The van der Waals surface area contributed by atoms with Crippen LogP contribution in [0.2, 0.25) is 0 Å². The maximum Gasteiger partial charge on any atom is 0.228 e. The van der Waals surface area contributed by atoms with Crippen LogP contribution in [0.15, 0.2) is 4.52 Å². The van der Waals surface area contributed by atoms with E-state index in [2.05, 4.69) is 29.3 Å². The number of likely N-dealkylation sites (N-methyl/N-ethyl adjacent to an activating group) is 1. The smallest absolute Gasteiger partial charge is 0.228 e. The van der Waals surface area contributed by atoms with E-state index in [-0.39, 0.29) is 0 Å². The van der Waals surface area contributed by atoms with Gasteiger partial charge in [-0.05, 0) is 56.9 Å². The molecule has 1 heterocycles. The van der Waals surface area contributed by atoms with E-state index in [1.54, 1.807) is 0 Å². The van der Waals surface area contributed by atoms with Crippen LogP contribution in [0.25, 0.3) is 0 Å². The molecule has 112 valence electrons. The first-order valence-corrected chi connectivity index (χ1v) is 8.07. The third kappa shape index (κ3) is 3.22. The topological polar surface area (TPSA) is 51.0 Å². The summed E-state index contributed by atoms with van der Waals surface area (Å²) in [4.78, 5) is 4.66. The molecule has 1 unspecified atom stereocenters. The van der Waals surface area contributed by atoms with Gasteiger partial charge in [0.15, 0.2) is 5.82 Å². The van der Waals surface area contributed by atoms with Gasteiger partial charge in [0.2, 0.25) is 5.89 Å². The zero-order valence-corrected chi connectivity index (χ0v) is 13.0. The van der Waals surface area contributed by atoms with E-state index < -0.39 is 0 Å². The van der Waals surface area contributed by atoms with Crippen molar-refractivity contribution in [2.45, 2.75) is 70.8 Å². The molecule has 4 nitrogen and oxygen atoms in total. The van der Waals surface area contributed by atoms with Crippen molar-refractivity contribution in [3.63, 3.8) is 0 Å². The lowest BCUT2D eigenvalue weighted by molar-refractivity contribution is 0.218. The third-order valence-electron chi connectivity index (χ3n) is 5.14. The van der Waals surface area contributed by atoms with Crippen molar-refractivity contribution in [2.75, 3.05) is 7.05 Å². The molecule has 0 radical (unpaired) electrons. The number of aromatic nitrogens is 2. The van der Waals surface area contributed by atoms with Crippen LogP contribution in [0.4, 0.5) is 0 Å². The first-order chi connectivity index (χ1) is 9.57. The summed E-state index contributed by atoms with van der Waals surface area (Å²) in [5.74, 6) is 3.08. The molecule has 2 aliphatic carbocycles. The zero-order valence-electron chi connectivity index (χ0n) is 13.0. The van der Waals surface area contributed by atoms with Gasteiger partial charge in [-0.2, -0.15) is 4.98 Å². The Bertz CT molecular complexity index is 440. The van der Waals surface area contributed by atoms with Gasteiger partial charge in [0, 0.05) is 18.4 Å². The Balaban J connectivity index is 1.59. The fourth-order valence-electron chi connectivity index (χ4n) is 3.37. The second-order valence-corrected chi connectivity index (χ2v) is 7.42. The molecule has 20 heavy (non-hydrogen) atoms. The minimum atomic E-state index is 0.492. The first-order valence-electron chi connectivity index (χ1n) is 8.07. The standard InChI is InChI=1S/C16H27N3O/c1-16(2)8-6-12(7-9-16)15-18-14(20-19-15)10-13(17-3)11-4-5-11/h11-13,17H,4-10H2,1-3H3. The second-order valence-electron chi connectivity index (χ2n) is 7.42. The van der Waals surface area contributed by atoms with Crippen LogP contribution in [0.1, 0.15) is 70.0 Å². The predicted octanol–water partition coefficient (Wildman–Crippen LogP) is 3.29. The summed E-state index contributed by atoms with van der Waals surface area (Å²) < 4.78 is 5.48. The van der Waals surface area contributed by atoms with Crippen LogP contribution < -0.4 is 5.32 Å². The van der Waals surface area contributed by atoms with E-state index >= 15 is 0 Å². The fourth-order valence-corrected chi connectivity index (χ4v) is 3.37. The highest BCUT2D eigenvalue weighted by molar-refractivity contribution is 5.01. The van der Waals surface area contributed by atoms with Crippen molar-refractivity contribution in [1.82, 2.24) is 15.5 Å².